The molecule has 0 heteroatoms. The molecule has 12 heavy (non-hydrogen) atoms. The highest BCUT2D eigenvalue weighted by molar-refractivity contribution is 4.93. The van der Waals surface area contributed by atoms with Crippen LogP contribution in [-0.2, 0) is 0 Å². The summed E-state index contributed by atoms with van der Waals surface area (Å²) in [6.45, 7) is 10.8. The lowest BCUT2D eigenvalue weighted by molar-refractivity contribution is 0.488. The van der Waals surface area contributed by atoms with Crippen molar-refractivity contribution in [1.29, 1.82) is 0 Å². The molecule has 0 aliphatic heterocycles. The lowest BCUT2D eigenvalue weighted by Gasteiger charge is -2.11. The second kappa shape index (κ2) is 7.39. The van der Waals surface area contributed by atoms with Gasteiger partial charge in [0.05, 0.1) is 0 Å². The SMILES string of the molecule is C=C(CC)CC(C)CCCCC. The van der Waals surface area contributed by atoms with E-state index in [1.54, 1.807) is 0 Å². The molecule has 0 N–H and O–H groups in total. The molecule has 0 aromatic rings. The smallest absolute Gasteiger partial charge is 0.0297 e. The van der Waals surface area contributed by atoms with Gasteiger partial charge in [0.25, 0.3) is 0 Å². The molecule has 72 valence electrons. The average molecular weight is 168 g/mol. The minimum atomic E-state index is 0.851. The summed E-state index contributed by atoms with van der Waals surface area (Å²) in [5.41, 5.74) is 1.42. The van der Waals surface area contributed by atoms with Gasteiger partial charge in [-0.05, 0) is 18.8 Å². The summed E-state index contributed by atoms with van der Waals surface area (Å²) < 4.78 is 0. The minimum absolute atomic E-state index is 0.851. The molecule has 0 radical (unpaired) electrons. The van der Waals surface area contributed by atoms with Crippen LogP contribution in [0.15, 0.2) is 12.2 Å². The monoisotopic (exact) mass is 168 g/mol. The Labute approximate surface area is 78.1 Å². The highest BCUT2D eigenvalue weighted by Crippen LogP contribution is 2.18. The van der Waals surface area contributed by atoms with E-state index < -0.39 is 0 Å². The van der Waals surface area contributed by atoms with Crippen molar-refractivity contribution in [3.63, 3.8) is 0 Å². The zero-order chi connectivity index (χ0) is 9.40. The molecule has 0 aromatic heterocycles. The Bertz CT molecular complexity index is 113. The molecule has 0 heterocycles. The van der Waals surface area contributed by atoms with Crippen molar-refractivity contribution in [3.8, 4) is 0 Å². The molecule has 0 aliphatic rings. The van der Waals surface area contributed by atoms with Crippen molar-refractivity contribution in [1.82, 2.24) is 0 Å². The summed E-state index contributed by atoms with van der Waals surface area (Å²) in [5.74, 6) is 0.851. The Balaban J connectivity index is 3.32. The van der Waals surface area contributed by atoms with E-state index in [0.717, 1.165) is 12.3 Å². The molecule has 0 amide bonds. The molecule has 0 saturated heterocycles. The Morgan fingerprint density at radius 3 is 2.42 bits per heavy atom. The summed E-state index contributed by atoms with van der Waals surface area (Å²) in [6.07, 6.45) is 7.89. The van der Waals surface area contributed by atoms with Gasteiger partial charge in [0, 0.05) is 0 Å². The van der Waals surface area contributed by atoms with Crippen molar-refractivity contribution in [2.75, 3.05) is 0 Å². The molecular formula is C12H24. The number of hydrogen-bond donors (Lipinski definition) is 0. The van der Waals surface area contributed by atoms with Crippen LogP contribution in [0.4, 0.5) is 0 Å². The van der Waals surface area contributed by atoms with Crippen LogP contribution in [-0.4, -0.2) is 0 Å². The summed E-state index contributed by atoms with van der Waals surface area (Å²) in [6, 6.07) is 0. The van der Waals surface area contributed by atoms with E-state index in [0.29, 0.717) is 0 Å². The van der Waals surface area contributed by atoms with Gasteiger partial charge in [0.2, 0.25) is 0 Å². The van der Waals surface area contributed by atoms with Gasteiger partial charge in [-0.2, -0.15) is 0 Å². The maximum absolute atomic E-state index is 4.04. The van der Waals surface area contributed by atoms with Crippen LogP contribution in [0.5, 0.6) is 0 Å². The van der Waals surface area contributed by atoms with Gasteiger partial charge >= 0.3 is 0 Å². The molecule has 1 unspecified atom stereocenters. The van der Waals surface area contributed by atoms with E-state index in [9.17, 15) is 0 Å². The average Bonchev–Trinajstić information content (AvgIpc) is 2.05. The van der Waals surface area contributed by atoms with Gasteiger partial charge in [-0.15, -0.1) is 0 Å². The number of unbranched alkanes of at least 4 members (excludes halogenated alkanes) is 2. The molecule has 0 aliphatic carbocycles. The standard InChI is InChI=1S/C12H24/c1-5-7-8-9-12(4)10-11(3)6-2/h12H,3,5-10H2,1-2,4H3. The maximum atomic E-state index is 4.04. The van der Waals surface area contributed by atoms with Gasteiger partial charge in [-0.1, -0.05) is 58.6 Å². The van der Waals surface area contributed by atoms with Crippen LogP contribution in [0.1, 0.15) is 59.3 Å². The summed E-state index contributed by atoms with van der Waals surface area (Å²) >= 11 is 0. The lowest BCUT2D eigenvalue weighted by atomic mass is 9.95. The van der Waals surface area contributed by atoms with Gasteiger partial charge in [-0.3, -0.25) is 0 Å². The third-order valence-corrected chi connectivity index (χ3v) is 2.44. The molecule has 0 bridgehead atoms. The third kappa shape index (κ3) is 6.45. The fraction of sp³-hybridized carbons (Fsp3) is 0.833. The molecule has 0 rings (SSSR count). The van der Waals surface area contributed by atoms with Crippen molar-refractivity contribution in [2.45, 2.75) is 59.3 Å². The lowest BCUT2D eigenvalue weighted by Crippen LogP contribution is -1.96. The van der Waals surface area contributed by atoms with Crippen LogP contribution in [0.25, 0.3) is 0 Å². The summed E-state index contributed by atoms with van der Waals surface area (Å²) in [5, 5.41) is 0. The van der Waals surface area contributed by atoms with Crippen LogP contribution >= 0.6 is 0 Å². The number of hydrogen-bond acceptors (Lipinski definition) is 0. The van der Waals surface area contributed by atoms with Gasteiger partial charge < -0.3 is 0 Å². The first-order valence-electron chi connectivity index (χ1n) is 5.37. The first-order chi connectivity index (χ1) is 5.70. The van der Waals surface area contributed by atoms with Crippen molar-refractivity contribution in [2.24, 2.45) is 5.92 Å². The molecule has 0 aromatic carbocycles. The Hall–Kier alpha value is -0.260. The van der Waals surface area contributed by atoms with E-state index in [1.165, 1.54) is 37.7 Å². The molecule has 0 saturated carbocycles. The number of allylic oxidation sites excluding steroid dienone is 1. The third-order valence-electron chi connectivity index (χ3n) is 2.44. The largest absolute Gasteiger partial charge is 0.0999 e. The Kier molecular flexibility index (Phi) is 7.23. The second-order valence-electron chi connectivity index (χ2n) is 3.91. The number of rotatable bonds is 7. The predicted molar refractivity (Wildman–Crippen MR) is 57.4 cm³/mol. The molecule has 0 spiro atoms. The van der Waals surface area contributed by atoms with E-state index in [1.807, 2.05) is 0 Å². The zero-order valence-corrected chi connectivity index (χ0v) is 9.03. The summed E-state index contributed by atoms with van der Waals surface area (Å²) in [4.78, 5) is 0. The predicted octanol–water partition coefficient (Wildman–Crippen LogP) is 4.56. The van der Waals surface area contributed by atoms with Crippen LogP contribution < -0.4 is 0 Å². The van der Waals surface area contributed by atoms with Gasteiger partial charge in [0.1, 0.15) is 0 Å². The van der Waals surface area contributed by atoms with Gasteiger partial charge in [-0.25, -0.2) is 0 Å². The normalized spacial score (nSPS) is 12.9. The quantitative estimate of drug-likeness (QED) is 0.386. The molecule has 1 atom stereocenters. The minimum Gasteiger partial charge on any atom is -0.0999 e. The fourth-order valence-electron chi connectivity index (χ4n) is 1.48. The molecular weight excluding hydrogens is 144 g/mol. The van der Waals surface area contributed by atoms with Crippen molar-refractivity contribution < 1.29 is 0 Å². The van der Waals surface area contributed by atoms with E-state index in [4.69, 9.17) is 0 Å². The van der Waals surface area contributed by atoms with Gasteiger partial charge in [0.15, 0.2) is 0 Å². The highest BCUT2D eigenvalue weighted by Gasteiger charge is 2.02. The van der Waals surface area contributed by atoms with E-state index in [-0.39, 0.29) is 0 Å². The van der Waals surface area contributed by atoms with E-state index in [2.05, 4.69) is 27.4 Å². The fourth-order valence-corrected chi connectivity index (χ4v) is 1.48. The molecule has 0 nitrogen and oxygen atoms in total. The maximum Gasteiger partial charge on any atom is -0.0297 e. The Morgan fingerprint density at radius 2 is 1.92 bits per heavy atom. The zero-order valence-electron chi connectivity index (χ0n) is 9.03. The first kappa shape index (κ1) is 11.7. The van der Waals surface area contributed by atoms with E-state index >= 15 is 0 Å². The second-order valence-corrected chi connectivity index (χ2v) is 3.91. The topological polar surface area (TPSA) is 0 Å². The van der Waals surface area contributed by atoms with Crippen LogP contribution in [0.3, 0.4) is 0 Å². The first-order valence-corrected chi connectivity index (χ1v) is 5.37. The van der Waals surface area contributed by atoms with Crippen LogP contribution in [0.2, 0.25) is 0 Å². The highest BCUT2D eigenvalue weighted by atomic mass is 14.1. The van der Waals surface area contributed by atoms with Crippen molar-refractivity contribution >= 4 is 0 Å². The molecule has 0 fully saturated rings. The summed E-state index contributed by atoms with van der Waals surface area (Å²) in [7, 11) is 0. The van der Waals surface area contributed by atoms with Crippen molar-refractivity contribution in [3.05, 3.63) is 12.2 Å². The Morgan fingerprint density at radius 1 is 1.25 bits per heavy atom. The van der Waals surface area contributed by atoms with Crippen LogP contribution in [0, 0.1) is 5.92 Å².